The van der Waals surface area contributed by atoms with Crippen LogP contribution in [0.2, 0.25) is 0 Å². The Balaban J connectivity index is 3.65. The van der Waals surface area contributed by atoms with Gasteiger partial charge in [0.25, 0.3) is 0 Å². The zero-order chi connectivity index (χ0) is 10.3. The molecule has 0 unspecified atom stereocenters. The molecule has 0 spiro atoms. The predicted octanol–water partition coefficient (Wildman–Crippen LogP) is -0.215. The second-order valence-corrected chi connectivity index (χ2v) is 2.28. The van der Waals surface area contributed by atoms with E-state index in [0.29, 0.717) is 12.5 Å². The minimum Gasteiger partial charge on any atom is -0.480 e. The number of carbonyl (C=O) groups is 1. The summed E-state index contributed by atoms with van der Waals surface area (Å²) < 4.78 is 4.92. The first-order chi connectivity index (χ1) is 6.07. The molecule has 0 aliphatic carbocycles. The molecule has 3 N–H and O–H groups in total. The Kier molecular flexibility index (Phi) is 5.62. The summed E-state index contributed by atoms with van der Waals surface area (Å²) in [4.78, 5) is 14.8. The third-order valence-corrected chi connectivity index (χ3v) is 1.12. The first-order valence-electron chi connectivity index (χ1n) is 3.85. The molecule has 6 nitrogen and oxygen atoms in total. The molecule has 0 aromatic carbocycles. The van der Waals surface area contributed by atoms with Crippen LogP contribution in [0.4, 0.5) is 0 Å². The summed E-state index contributed by atoms with van der Waals surface area (Å²) in [7, 11) is 0. The van der Waals surface area contributed by atoms with Crippen LogP contribution >= 0.6 is 0 Å². The fourth-order valence-corrected chi connectivity index (χ4v) is 0.515. The number of ether oxygens (including phenoxy) is 1. The average Bonchev–Trinajstić information content (AvgIpc) is 2.04. The van der Waals surface area contributed by atoms with Crippen LogP contribution in [0.3, 0.4) is 0 Å². The fourth-order valence-electron chi connectivity index (χ4n) is 0.515. The molecule has 0 rings (SSSR count). The van der Waals surface area contributed by atoms with E-state index < -0.39 is 12.0 Å². The van der Waals surface area contributed by atoms with E-state index >= 15 is 0 Å². The second kappa shape index (κ2) is 6.24. The van der Waals surface area contributed by atoms with Crippen LogP contribution in [0.1, 0.15) is 13.8 Å². The van der Waals surface area contributed by atoms with Gasteiger partial charge in [0, 0.05) is 6.92 Å². The van der Waals surface area contributed by atoms with Crippen molar-refractivity contribution in [1.29, 1.82) is 0 Å². The van der Waals surface area contributed by atoms with Gasteiger partial charge in [0.1, 0.15) is 12.6 Å². The quantitative estimate of drug-likeness (QED) is 0.355. The molecular weight excluding hydrogens is 176 g/mol. The molecule has 0 heterocycles. The summed E-state index contributed by atoms with van der Waals surface area (Å²) in [5.41, 5.74) is 5.14. The Morgan fingerprint density at radius 1 is 1.69 bits per heavy atom. The minimum atomic E-state index is -1.12. The number of carboxylic acids is 1. The summed E-state index contributed by atoms with van der Waals surface area (Å²) in [6.45, 7) is 3.74. The summed E-state index contributed by atoms with van der Waals surface area (Å²) in [5.74, 6) is -0.774. The van der Waals surface area contributed by atoms with Gasteiger partial charge in [-0.1, -0.05) is 5.16 Å². The van der Waals surface area contributed by atoms with E-state index in [4.69, 9.17) is 15.6 Å². The lowest BCUT2D eigenvalue weighted by molar-refractivity contribution is -0.140. The van der Waals surface area contributed by atoms with Gasteiger partial charge in [0.2, 0.25) is 5.90 Å². The fraction of sp³-hybridized carbons (Fsp3) is 0.714. The Hall–Kier alpha value is -1.30. The molecule has 0 fully saturated rings. The second-order valence-electron chi connectivity index (χ2n) is 2.28. The van der Waals surface area contributed by atoms with Crippen molar-refractivity contribution in [3.8, 4) is 0 Å². The number of aliphatic carboxylic acids is 1. The molecule has 0 radical (unpaired) electrons. The van der Waals surface area contributed by atoms with E-state index in [9.17, 15) is 4.79 Å². The highest BCUT2D eigenvalue weighted by Crippen LogP contribution is 1.87. The lowest BCUT2D eigenvalue weighted by Gasteiger charge is -2.05. The zero-order valence-corrected chi connectivity index (χ0v) is 7.69. The van der Waals surface area contributed by atoms with E-state index in [2.05, 4.69) is 9.99 Å². The highest BCUT2D eigenvalue weighted by Gasteiger charge is 2.11. The first-order valence-corrected chi connectivity index (χ1v) is 3.85. The molecule has 0 bridgehead atoms. The number of oxime groups is 1. The molecule has 0 aliphatic rings. The maximum Gasteiger partial charge on any atom is 0.324 e. The molecule has 0 aliphatic heterocycles. The Morgan fingerprint density at radius 2 is 2.31 bits per heavy atom. The zero-order valence-electron chi connectivity index (χ0n) is 7.69. The lowest BCUT2D eigenvalue weighted by Crippen LogP contribution is -2.34. The Labute approximate surface area is 76.3 Å². The molecule has 0 saturated heterocycles. The van der Waals surface area contributed by atoms with Crippen LogP contribution in [0.15, 0.2) is 5.16 Å². The van der Waals surface area contributed by atoms with Crippen molar-refractivity contribution < 1.29 is 19.5 Å². The molecule has 0 amide bonds. The smallest absolute Gasteiger partial charge is 0.324 e. The van der Waals surface area contributed by atoms with E-state index in [1.807, 2.05) is 6.92 Å². The maximum atomic E-state index is 10.2. The normalized spacial score (nSPS) is 13.6. The highest BCUT2D eigenvalue weighted by atomic mass is 16.6. The van der Waals surface area contributed by atoms with Gasteiger partial charge in [0.15, 0.2) is 0 Å². The molecule has 13 heavy (non-hydrogen) atoms. The van der Waals surface area contributed by atoms with Crippen molar-refractivity contribution in [2.24, 2.45) is 10.9 Å². The average molecular weight is 190 g/mol. The third kappa shape index (κ3) is 5.92. The molecule has 1 atom stereocenters. The van der Waals surface area contributed by atoms with Gasteiger partial charge in [-0.05, 0) is 6.92 Å². The highest BCUT2D eigenvalue weighted by molar-refractivity contribution is 5.73. The van der Waals surface area contributed by atoms with Gasteiger partial charge in [0.05, 0.1) is 6.61 Å². The van der Waals surface area contributed by atoms with Gasteiger partial charge in [-0.2, -0.15) is 0 Å². The van der Waals surface area contributed by atoms with Crippen LogP contribution in [-0.2, 0) is 14.4 Å². The van der Waals surface area contributed by atoms with Gasteiger partial charge < -0.3 is 20.4 Å². The number of nitrogens with two attached hydrogens (primary N) is 1. The number of rotatable bonds is 5. The summed E-state index contributed by atoms with van der Waals surface area (Å²) in [5, 5.41) is 11.9. The van der Waals surface area contributed by atoms with Crippen LogP contribution in [0, 0.1) is 0 Å². The monoisotopic (exact) mass is 190 g/mol. The number of hydrogen-bond acceptors (Lipinski definition) is 5. The van der Waals surface area contributed by atoms with Gasteiger partial charge in [-0.25, -0.2) is 0 Å². The number of hydrogen-bond donors (Lipinski definition) is 2. The van der Waals surface area contributed by atoms with Gasteiger partial charge >= 0.3 is 5.97 Å². The van der Waals surface area contributed by atoms with Crippen molar-refractivity contribution in [3.63, 3.8) is 0 Å². The largest absolute Gasteiger partial charge is 0.480 e. The summed E-state index contributed by atoms with van der Waals surface area (Å²) in [6.07, 6.45) is 0. The molecule has 0 aromatic rings. The number of nitrogens with zero attached hydrogens (tertiary/aromatic N) is 1. The topological polar surface area (TPSA) is 94.1 Å². The minimum absolute atomic E-state index is 0.167. The first kappa shape index (κ1) is 11.7. The van der Waals surface area contributed by atoms with Crippen LogP contribution in [0.25, 0.3) is 0 Å². The van der Waals surface area contributed by atoms with E-state index in [1.54, 1.807) is 6.92 Å². The molecular formula is C7H14N2O4. The van der Waals surface area contributed by atoms with E-state index in [1.165, 1.54) is 0 Å². The molecule has 6 heteroatoms. The van der Waals surface area contributed by atoms with Crippen molar-refractivity contribution in [2.45, 2.75) is 19.9 Å². The Morgan fingerprint density at radius 3 is 2.77 bits per heavy atom. The Bertz CT molecular complexity index is 193. The third-order valence-electron chi connectivity index (χ3n) is 1.12. The van der Waals surface area contributed by atoms with Crippen molar-refractivity contribution in [2.75, 3.05) is 13.2 Å². The molecule has 0 aromatic heterocycles. The van der Waals surface area contributed by atoms with Crippen molar-refractivity contribution >= 4 is 11.9 Å². The van der Waals surface area contributed by atoms with Gasteiger partial charge in [-0.15, -0.1) is 0 Å². The number of carboxylic acid groups (broad SMARTS) is 1. The maximum absolute atomic E-state index is 10.2. The van der Waals surface area contributed by atoms with E-state index in [-0.39, 0.29) is 6.61 Å². The summed E-state index contributed by atoms with van der Waals surface area (Å²) >= 11 is 0. The van der Waals surface area contributed by atoms with Crippen molar-refractivity contribution in [3.05, 3.63) is 0 Å². The van der Waals surface area contributed by atoms with Gasteiger partial charge in [-0.3, -0.25) is 4.79 Å². The van der Waals surface area contributed by atoms with Crippen LogP contribution in [0.5, 0.6) is 0 Å². The van der Waals surface area contributed by atoms with Crippen molar-refractivity contribution in [1.82, 2.24) is 0 Å². The van der Waals surface area contributed by atoms with Crippen LogP contribution in [-0.4, -0.2) is 36.2 Å². The van der Waals surface area contributed by atoms with E-state index in [0.717, 1.165) is 0 Å². The summed E-state index contributed by atoms with van der Waals surface area (Å²) in [6, 6.07) is -1.06. The van der Waals surface area contributed by atoms with Crippen LogP contribution < -0.4 is 5.73 Å². The molecule has 0 saturated carbocycles. The molecule has 76 valence electrons. The standard InChI is InChI=1S/C7H14N2O4/c1-3-12-5(2)9-13-4-6(8)7(10)11/h6H,3-4,8H2,1-2H3,(H,10,11)/t6-/m0/s1. The SMILES string of the molecule is CCOC(C)=NOC[C@H](N)C(=O)O. The predicted molar refractivity (Wildman–Crippen MR) is 46.3 cm³/mol. The lowest BCUT2D eigenvalue weighted by atomic mass is 10.3.